The van der Waals surface area contributed by atoms with Gasteiger partial charge in [-0.1, -0.05) is 36.4 Å². The number of nitrogen functional groups attached to an aromatic ring is 1. The van der Waals surface area contributed by atoms with Crippen molar-refractivity contribution in [1.82, 2.24) is 4.90 Å². The first-order chi connectivity index (χ1) is 11.7. The number of carbonyl (C=O) groups is 1. The number of anilines is 1. The number of nitrogens with two attached hydrogens (primary N) is 1. The van der Waals surface area contributed by atoms with Crippen LogP contribution in [0.1, 0.15) is 18.4 Å². The van der Waals surface area contributed by atoms with Crippen molar-refractivity contribution in [3.05, 3.63) is 60.2 Å². The van der Waals surface area contributed by atoms with Crippen molar-refractivity contribution in [3.8, 4) is 0 Å². The Morgan fingerprint density at radius 3 is 2.67 bits per heavy atom. The van der Waals surface area contributed by atoms with E-state index in [1.54, 1.807) is 0 Å². The molecule has 3 rings (SSSR count). The summed E-state index contributed by atoms with van der Waals surface area (Å²) in [7, 11) is 0. The second-order valence-corrected chi connectivity index (χ2v) is 7.41. The predicted molar refractivity (Wildman–Crippen MR) is 101 cm³/mol. The molecule has 0 saturated carbocycles. The molecule has 24 heavy (non-hydrogen) atoms. The van der Waals surface area contributed by atoms with E-state index in [-0.39, 0.29) is 5.91 Å². The summed E-state index contributed by atoms with van der Waals surface area (Å²) >= 11 is 1.89. The Balaban J connectivity index is 1.43. The normalized spacial score (nSPS) is 17.2. The van der Waals surface area contributed by atoms with E-state index in [0.717, 1.165) is 42.9 Å². The number of hydrogen-bond donors (Lipinski definition) is 1. The molecule has 2 aromatic rings. The number of carbonyl (C=O) groups excluding carboxylic acids is 1. The topological polar surface area (TPSA) is 46.3 Å². The van der Waals surface area contributed by atoms with Crippen molar-refractivity contribution in [2.24, 2.45) is 5.92 Å². The van der Waals surface area contributed by atoms with E-state index in [1.165, 1.54) is 4.90 Å². The van der Waals surface area contributed by atoms with Crippen LogP contribution in [0, 0.1) is 5.92 Å². The van der Waals surface area contributed by atoms with Gasteiger partial charge in [0, 0.05) is 35.8 Å². The average Bonchev–Trinajstić information content (AvgIpc) is 3.09. The lowest BCUT2D eigenvalue weighted by atomic mass is 10.1. The van der Waals surface area contributed by atoms with Gasteiger partial charge in [0.1, 0.15) is 0 Å². The highest BCUT2D eigenvalue weighted by atomic mass is 32.2. The number of benzene rings is 2. The van der Waals surface area contributed by atoms with Crippen molar-refractivity contribution < 1.29 is 4.79 Å². The van der Waals surface area contributed by atoms with E-state index in [0.29, 0.717) is 12.3 Å². The van der Waals surface area contributed by atoms with Crippen molar-refractivity contribution in [3.63, 3.8) is 0 Å². The molecule has 1 aliphatic rings. The Morgan fingerprint density at radius 1 is 1.12 bits per heavy atom. The quantitative estimate of drug-likeness (QED) is 0.642. The lowest BCUT2D eigenvalue weighted by molar-refractivity contribution is -0.130. The van der Waals surface area contributed by atoms with Crippen LogP contribution in [0.3, 0.4) is 0 Å². The first-order valence-electron chi connectivity index (χ1n) is 8.51. The van der Waals surface area contributed by atoms with Gasteiger partial charge < -0.3 is 10.6 Å². The van der Waals surface area contributed by atoms with Crippen LogP contribution in [0.4, 0.5) is 5.69 Å². The Bertz CT molecular complexity index is 674. The summed E-state index contributed by atoms with van der Waals surface area (Å²) in [6.07, 6.45) is 2.39. The summed E-state index contributed by atoms with van der Waals surface area (Å²) in [5.74, 6) is 1.94. The molecule has 1 aliphatic heterocycles. The molecule has 126 valence electrons. The maximum absolute atomic E-state index is 12.4. The van der Waals surface area contributed by atoms with E-state index < -0.39 is 0 Å². The minimum absolute atomic E-state index is 0.255. The largest absolute Gasteiger partial charge is 0.399 e. The fraction of sp³-hybridized carbons (Fsp3) is 0.350. The number of likely N-dealkylation sites (tertiary alicyclic amines) is 1. The van der Waals surface area contributed by atoms with Gasteiger partial charge in [-0.05, 0) is 42.5 Å². The van der Waals surface area contributed by atoms with E-state index in [1.807, 2.05) is 47.0 Å². The van der Waals surface area contributed by atoms with Crippen molar-refractivity contribution in [2.45, 2.75) is 24.2 Å². The Hall–Kier alpha value is -1.94. The van der Waals surface area contributed by atoms with Crippen LogP contribution in [0.5, 0.6) is 0 Å². The van der Waals surface area contributed by atoms with Crippen LogP contribution >= 0.6 is 11.8 Å². The zero-order valence-corrected chi connectivity index (χ0v) is 14.7. The maximum Gasteiger partial charge on any atom is 0.222 e. The second-order valence-electron chi connectivity index (χ2n) is 6.32. The molecule has 1 saturated heterocycles. The third-order valence-corrected chi connectivity index (χ3v) is 5.77. The number of rotatable bonds is 6. The summed E-state index contributed by atoms with van der Waals surface area (Å²) in [5.41, 5.74) is 7.80. The lowest BCUT2D eigenvalue weighted by Crippen LogP contribution is -2.29. The van der Waals surface area contributed by atoms with Crippen molar-refractivity contribution in [1.29, 1.82) is 0 Å². The van der Waals surface area contributed by atoms with Gasteiger partial charge in [0.25, 0.3) is 0 Å². The average molecular weight is 340 g/mol. The van der Waals surface area contributed by atoms with E-state index >= 15 is 0 Å². The fourth-order valence-corrected chi connectivity index (χ4v) is 4.14. The predicted octanol–water partition coefficient (Wildman–Crippen LogP) is 3.84. The first-order valence-corrected chi connectivity index (χ1v) is 9.50. The minimum atomic E-state index is 0.255. The SMILES string of the molecule is Nc1ccccc1CCC(=O)N1CCC(CSc2ccccc2)C1. The molecule has 4 heteroatoms. The fourth-order valence-electron chi connectivity index (χ4n) is 3.09. The highest BCUT2D eigenvalue weighted by molar-refractivity contribution is 7.99. The molecule has 1 amide bonds. The summed E-state index contributed by atoms with van der Waals surface area (Å²) < 4.78 is 0. The van der Waals surface area contributed by atoms with Crippen LogP contribution < -0.4 is 5.73 Å². The van der Waals surface area contributed by atoms with Gasteiger partial charge in [-0.15, -0.1) is 11.8 Å². The van der Waals surface area contributed by atoms with Crippen LogP contribution in [-0.2, 0) is 11.2 Å². The molecule has 2 aromatic carbocycles. The summed E-state index contributed by atoms with van der Waals surface area (Å²) in [6, 6.07) is 18.3. The molecule has 3 nitrogen and oxygen atoms in total. The Morgan fingerprint density at radius 2 is 1.88 bits per heavy atom. The molecule has 2 N–H and O–H groups in total. The summed E-state index contributed by atoms with van der Waals surface area (Å²) in [4.78, 5) is 15.8. The number of hydrogen-bond acceptors (Lipinski definition) is 3. The summed E-state index contributed by atoms with van der Waals surface area (Å²) in [5, 5.41) is 0. The standard InChI is InChI=1S/C20H24N2OS/c21-19-9-5-4-6-17(19)10-11-20(23)22-13-12-16(14-22)15-24-18-7-2-1-3-8-18/h1-9,16H,10-15,21H2. The number of nitrogens with zero attached hydrogens (tertiary/aromatic N) is 1. The molecule has 1 atom stereocenters. The zero-order valence-electron chi connectivity index (χ0n) is 13.9. The van der Waals surface area contributed by atoms with Gasteiger partial charge in [0.15, 0.2) is 0 Å². The van der Waals surface area contributed by atoms with E-state index in [9.17, 15) is 4.79 Å². The van der Waals surface area contributed by atoms with Crippen LogP contribution in [0.2, 0.25) is 0 Å². The highest BCUT2D eigenvalue weighted by Crippen LogP contribution is 2.26. The van der Waals surface area contributed by atoms with Crippen LogP contribution in [0.25, 0.3) is 0 Å². The van der Waals surface area contributed by atoms with E-state index in [2.05, 4.69) is 24.3 Å². The highest BCUT2D eigenvalue weighted by Gasteiger charge is 2.25. The van der Waals surface area contributed by atoms with Gasteiger partial charge in [0.05, 0.1) is 0 Å². The molecule has 0 spiro atoms. The number of amides is 1. The molecule has 1 unspecified atom stereocenters. The molecule has 0 aromatic heterocycles. The smallest absolute Gasteiger partial charge is 0.222 e. The maximum atomic E-state index is 12.4. The van der Waals surface area contributed by atoms with Gasteiger partial charge in [-0.2, -0.15) is 0 Å². The number of aryl methyl sites for hydroxylation is 1. The monoisotopic (exact) mass is 340 g/mol. The van der Waals surface area contributed by atoms with Gasteiger partial charge in [-0.3, -0.25) is 4.79 Å². The van der Waals surface area contributed by atoms with Crippen LogP contribution in [0.15, 0.2) is 59.5 Å². The third-order valence-electron chi connectivity index (χ3n) is 4.53. The number of thioether (sulfide) groups is 1. The molecule has 1 fully saturated rings. The Labute approximate surface area is 148 Å². The Kier molecular flexibility index (Phi) is 5.81. The molecule has 1 heterocycles. The van der Waals surface area contributed by atoms with Crippen molar-refractivity contribution >= 4 is 23.4 Å². The third kappa shape index (κ3) is 4.54. The van der Waals surface area contributed by atoms with Crippen molar-refractivity contribution in [2.75, 3.05) is 24.6 Å². The molecular weight excluding hydrogens is 316 g/mol. The molecule has 0 aliphatic carbocycles. The second kappa shape index (κ2) is 8.25. The minimum Gasteiger partial charge on any atom is -0.399 e. The van der Waals surface area contributed by atoms with E-state index in [4.69, 9.17) is 5.73 Å². The lowest BCUT2D eigenvalue weighted by Gasteiger charge is -2.17. The van der Waals surface area contributed by atoms with Gasteiger partial charge >= 0.3 is 0 Å². The van der Waals surface area contributed by atoms with Gasteiger partial charge in [-0.25, -0.2) is 0 Å². The molecular formula is C20H24N2OS. The number of para-hydroxylation sites is 1. The molecule has 0 radical (unpaired) electrons. The zero-order chi connectivity index (χ0) is 16.8. The van der Waals surface area contributed by atoms with Crippen LogP contribution in [-0.4, -0.2) is 29.6 Å². The first kappa shape index (κ1) is 16.9. The summed E-state index contributed by atoms with van der Waals surface area (Å²) in [6.45, 7) is 1.78. The molecule has 0 bridgehead atoms. The van der Waals surface area contributed by atoms with Gasteiger partial charge in [0.2, 0.25) is 5.91 Å².